The Kier molecular flexibility index (Phi) is 5.73. The third kappa shape index (κ3) is 4.56. The summed E-state index contributed by atoms with van der Waals surface area (Å²) >= 11 is 0. The molecular formula is C19H19N3O6. The van der Waals surface area contributed by atoms with Crippen LogP contribution in [0, 0.1) is 10.1 Å². The highest BCUT2D eigenvalue weighted by Gasteiger charge is 2.19. The molecule has 28 heavy (non-hydrogen) atoms. The van der Waals surface area contributed by atoms with Crippen LogP contribution >= 0.6 is 0 Å². The van der Waals surface area contributed by atoms with E-state index < -0.39 is 22.8 Å². The third-order valence-corrected chi connectivity index (χ3v) is 4.08. The summed E-state index contributed by atoms with van der Waals surface area (Å²) in [6, 6.07) is 9.49. The van der Waals surface area contributed by atoms with Crippen LogP contribution in [-0.2, 0) is 4.79 Å². The number of anilines is 1. The van der Waals surface area contributed by atoms with E-state index in [-0.39, 0.29) is 11.3 Å². The molecule has 0 spiro atoms. The number of nitrogens with one attached hydrogen (secondary N) is 2. The van der Waals surface area contributed by atoms with Gasteiger partial charge in [-0.25, -0.2) is 0 Å². The number of nitro groups is 1. The van der Waals surface area contributed by atoms with Crippen molar-refractivity contribution in [2.45, 2.75) is 19.4 Å². The fourth-order valence-corrected chi connectivity index (χ4v) is 2.60. The number of benzene rings is 2. The molecule has 0 radical (unpaired) electrons. The zero-order valence-corrected chi connectivity index (χ0v) is 15.1. The molecule has 0 saturated carbocycles. The van der Waals surface area contributed by atoms with Crippen LogP contribution < -0.4 is 20.1 Å². The van der Waals surface area contributed by atoms with Gasteiger partial charge in [0.2, 0.25) is 5.91 Å². The van der Waals surface area contributed by atoms with Gasteiger partial charge in [-0.05, 0) is 25.1 Å². The summed E-state index contributed by atoms with van der Waals surface area (Å²) in [5, 5.41) is 16.0. The number of fused-ring (bicyclic) bond motifs is 1. The number of carbonyl (C=O) groups is 2. The number of carbonyl (C=O) groups excluding carboxylic acids is 2. The summed E-state index contributed by atoms with van der Waals surface area (Å²) in [6.45, 7) is 2.62. The lowest BCUT2D eigenvalue weighted by Crippen LogP contribution is -2.41. The summed E-state index contributed by atoms with van der Waals surface area (Å²) in [4.78, 5) is 34.9. The van der Waals surface area contributed by atoms with Gasteiger partial charge in [-0.2, -0.15) is 0 Å². The molecule has 146 valence electrons. The van der Waals surface area contributed by atoms with Gasteiger partial charge >= 0.3 is 0 Å². The zero-order valence-electron chi connectivity index (χ0n) is 15.1. The van der Waals surface area contributed by atoms with Crippen LogP contribution in [0.5, 0.6) is 11.5 Å². The summed E-state index contributed by atoms with van der Waals surface area (Å²) in [6.07, 6.45) is 0.775. The molecule has 9 nitrogen and oxygen atoms in total. The quantitative estimate of drug-likeness (QED) is 0.603. The number of rotatable bonds is 5. The van der Waals surface area contributed by atoms with Crippen LogP contribution in [0.4, 0.5) is 11.4 Å². The maximum absolute atomic E-state index is 12.4. The molecule has 2 aromatic carbocycles. The average Bonchev–Trinajstić information content (AvgIpc) is 2.92. The summed E-state index contributed by atoms with van der Waals surface area (Å²) in [7, 11) is 0. The molecule has 0 bridgehead atoms. The molecule has 0 aromatic heterocycles. The van der Waals surface area contributed by atoms with Crippen molar-refractivity contribution in [2.75, 3.05) is 18.5 Å². The molecule has 9 heteroatoms. The summed E-state index contributed by atoms with van der Waals surface area (Å²) in [5.41, 5.74) is 0.409. The molecule has 1 heterocycles. The van der Waals surface area contributed by atoms with Crippen LogP contribution in [0.15, 0.2) is 42.5 Å². The van der Waals surface area contributed by atoms with Gasteiger partial charge in [-0.15, -0.1) is 0 Å². The normalized spacial score (nSPS) is 13.8. The van der Waals surface area contributed by atoms with Crippen molar-refractivity contribution in [2.24, 2.45) is 0 Å². The second-order valence-corrected chi connectivity index (χ2v) is 6.20. The van der Waals surface area contributed by atoms with Crippen LogP contribution in [0.1, 0.15) is 23.7 Å². The Labute approximate surface area is 160 Å². The van der Waals surface area contributed by atoms with Gasteiger partial charge in [-0.3, -0.25) is 19.7 Å². The lowest BCUT2D eigenvalue weighted by molar-refractivity contribution is -0.384. The molecule has 2 aromatic rings. The molecule has 1 atom stereocenters. The smallest absolute Gasteiger partial charge is 0.270 e. The topological polar surface area (TPSA) is 120 Å². The van der Waals surface area contributed by atoms with Gasteiger partial charge in [0.1, 0.15) is 6.04 Å². The first-order valence-corrected chi connectivity index (χ1v) is 8.70. The van der Waals surface area contributed by atoms with E-state index in [1.165, 1.54) is 25.1 Å². The number of hydrogen-bond acceptors (Lipinski definition) is 6. The van der Waals surface area contributed by atoms with Gasteiger partial charge in [0.05, 0.1) is 18.1 Å². The number of nitrogens with zero attached hydrogens (tertiary/aromatic N) is 1. The lowest BCUT2D eigenvalue weighted by atomic mass is 10.1. The molecular weight excluding hydrogens is 366 g/mol. The molecule has 2 N–H and O–H groups in total. The van der Waals surface area contributed by atoms with E-state index >= 15 is 0 Å². The Hall–Kier alpha value is -3.62. The number of ether oxygens (including phenoxy) is 2. The predicted molar refractivity (Wildman–Crippen MR) is 101 cm³/mol. The van der Waals surface area contributed by atoms with Crippen molar-refractivity contribution in [1.29, 1.82) is 0 Å². The first-order chi connectivity index (χ1) is 13.4. The van der Waals surface area contributed by atoms with Gasteiger partial charge < -0.3 is 20.1 Å². The monoisotopic (exact) mass is 385 g/mol. The van der Waals surface area contributed by atoms with E-state index in [1.54, 1.807) is 18.2 Å². The number of non-ortho nitro benzene ring substituents is 1. The summed E-state index contributed by atoms with van der Waals surface area (Å²) in [5.74, 6) is 0.143. The third-order valence-electron chi connectivity index (χ3n) is 4.08. The zero-order chi connectivity index (χ0) is 20.1. The first-order valence-electron chi connectivity index (χ1n) is 8.70. The second kappa shape index (κ2) is 8.38. The molecule has 0 unspecified atom stereocenters. The van der Waals surface area contributed by atoms with Crippen molar-refractivity contribution in [3.8, 4) is 11.5 Å². The van der Waals surface area contributed by atoms with Gasteiger partial charge in [-0.1, -0.05) is 6.07 Å². The van der Waals surface area contributed by atoms with E-state index in [4.69, 9.17) is 9.47 Å². The van der Waals surface area contributed by atoms with E-state index in [2.05, 4.69) is 10.6 Å². The van der Waals surface area contributed by atoms with Crippen molar-refractivity contribution in [3.05, 3.63) is 58.1 Å². The van der Waals surface area contributed by atoms with Crippen molar-refractivity contribution >= 4 is 23.2 Å². The van der Waals surface area contributed by atoms with Gasteiger partial charge in [0.15, 0.2) is 11.5 Å². The van der Waals surface area contributed by atoms with Crippen LogP contribution in [0.3, 0.4) is 0 Å². The van der Waals surface area contributed by atoms with Crippen LogP contribution in [-0.4, -0.2) is 36.0 Å². The van der Waals surface area contributed by atoms with E-state index in [1.807, 2.05) is 0 Å². The SMILES string of the molecule is C[C@H](NC(=O)c1cccc([N+](=O)[O-])c1)C(=O)Nc1ccc2c(c1)OCCCO2. The molecule has 1 aliphatic heterocycles. The highest BCUT2D eigenvalue weighted by Crippen LogP contribution is 2.32. The highest BCUT2D eigenvalue weighted by molar-refractivity contribution is 6.01. The van der Waals surface area contributed by atoms with E-state index in [0.717, 1.165) is 12.5 Å². The van der Waals surface area contributed by atoms with Crippen LogP contribution in [0.25, 0.3) is 0 Å². The largest absolute Gasteiger partial charge is 0.490 e. The maximum atomic E-state index is 12.4. The minimum absolute atomic E-state index is 0.101. The van der Waals surface area contributed by atoms with Crippen molar-refractivity contribution in [1.82, 2.24) is 5.32 Å². The highest BCUT2D eigenvalue weighted by atomic mass is 16.6. The predicted octanol–water partition coefficient (Wildman–Crippen LogP) is 2.51. The Morgan fingerprint density at radius 2 is 1.86 bits per heavy atom. The first kappa shape index (κ1) is 19.2. The molecule has 2 amide bonds. The minimum Gasteiger partial charge on any atom is -0.490 e. The molecule has 3 rings (SSSR count). The Morgan fingerprint density at radius 3 is 2.61 bits per heavy atom. The maximum Gasteiger partial charge on any atom is 0.270 e. The van der Waals surface area contributed by atoms with Gasteiger partial charge in [0.25, 0.3) is 11.6 Å². The molecule has 0 fully saturated rings. The number of amides is 2. The van der Waals surface area contributed by atoms with Crippen LogP contribution in [0.2, 0.25) is 0 Å². The van der Waals surface area contributed by atoms with Crippen molar-refractivity contribution in [3.63, 3.8) is 0 Å². The average molecular weight is 385 g/mol. The van der Waals surface area contributed by atoms with E-state index in [9.17, 15) is 19.7 Å². The Balaban J connectivity index is 1.63. The standard InChI is InChI=1S/C19H19N3O6/c1-12(20-19(24)13-4-2-5-15(10-13)22(25)26)18(23)21-14-6-7-16-17(11-14)28-9-3-8-27-16/h2,4-7,10-12H,3,8-9H2,1H3,(H,20,24)(H,21,23)/t12-/m0/s1. The Morgan fingerprint density at radius 1 is 1.11 bits per heavy atom. The summed E-state index contributed by atoms with van der Waals surface area (Å²) < 4.78 is 11.1. The number of hydrogen-bond donors (Lipinski definition) is 2. The molecule has 0 aliphatic carbocycles. The minimum atomic E-state index is -0.859. The lowest BCUT2D eigenvalue weighted by Gasteiger charge is -2.15. The van der Waals surface area contributed by atoms with Crippen molar-refractivity contribution < 1.29 is 24.0 Å². The molecule has 1 aliphatic rings. The fraction of sp³-hybridized carbons (Fsp3) is 0.263. The Bertz CT molecular complexity index is 914. The second-order valence-electron chi connectivity index (χ2n) is 6.20. The molecule has 0 saturated heterocycles. The van der Waals surface area contributed by atoms with E-state index in [0.29, 0.717) is 30.4 Å². The number of nitro benzene ring substituents is 1. The van der Waals surface area contributed by atoms with Gasteiger partial charge in [0, 0.05) is 35.9 Å². The fourth-order valence-electron chi connectivity index (χ4n) is 2.60.